The van der Waals surface area contributed by atoms with Gasteiger partial charge in [0.2, 0.25) is 5.91 Å². The van der Waals surface area contributed by atoms with Crippen LogP contribution < -0.4 is 10.1 Å². The lowest BCUT2D eigenvalue weighted by Gasteiger charge is -2.27. The highest BCUT2D eigenvalue weighted by molar-refractivity contribution is 5.85. The van der Waals surface area contributed by atoms with Crippen molar-refractivity contribution in [2.45, 2.75) is 39.4 Å². The Labute approximate surface area is 158 Å². The lowest BCUT2D eigenvalue weighted by Crippen LogP contribution is -2.38. The summed E-state index contributed by atoms with van der Waals surface area (Å²) in [5, 5.41) is 3.24. The Morgan fingerprint density at radius 1 is 1.23 bits per heavy atom. The van der Waals surface area contributed by atoms with Crippen LogP contribution in [0.3, 0.4) is 0 Å². The molecule has 26 heavy (non-hydrogen) atoms. The van der Waals surface area contributed by atoms with Gasteiger partial charge in [-0.05, 0) is 56.5 Å². The zero-order valence-electron chi connectivity index (χ0n) is 15.3. The molecule has 0 saturated carbocycles. The molecule has 0 bridgehead atoms. The maximum Gasteiger partial charge on any atom is 0.422 e. The van der Waals surface area contributed by atoms with Gasteiger partial charge in [-0.3, -0.25) is 4.79 Å². The number of nitrogens with one attached hydrogen (secondary N) is 1. The molecule has 148 valence electrons. The molecule has 1 heterocycles. The van der Waals surface area contributed by atoms with E-state index in [1.165, 1.54) is 0 Å². The number of benzene rings is 1. The highest BCUT2D eigenvalue weighted by Crippen LogP contribution is 2.28. The largest absolute Gasteiger partial charge is 0.484 e. The van der Waals surface area contributed by atoms with E-state index in [0.717, 1.165) is 31.5 Å². The number of nitrogens with zero attached hydrogens (tertiary/aromatic N) is 1. The fraction of sp³-hybridized carbons (Fsp3) is 0.611. The number of carbonyl (C=O) groups excluding carboxylic acids is 1. The summed E-state index contributed by atoms with van der Waals surface area (Å²) < 4.78 is 42.0. The van der Waals surface area contributed by atoms with Crippen molar-refractivity contribution in [1.29, 1.82) is 0 Å². The highest BCUT2D eigenvalue weighted by atomic mass is 35.5. The Bertz CT molecular complexity index is 594. The van der Waals surface area contributed by atoms with E-state index >= 15 is 0 Å². The molecule has 1 aromatic rings. The van der Waals surface area contributed by atoms with E-state index in [0.29, 0.717) is 17.7 Å². The molecule has 8 heteroatoms. The van der Waals surface area contributed by atoms with Crippen molar-refractivity contribution in [3.8, 4) is 5.75 Å². The number of hydrogen-bond acceptors (Lipinski definition) is 3. The third-order valence-electron chi connectivity index (χ3n) is 4.38. The summed E-state index contributed by atoms with van der Waals surface area (Å²) in [5.41, 5.74) is 2.17. The van der Waals surface area contributed by atoms with Gasteiger partial charge in [0.15, 0.2) is 6.61 Å². The molecule has 0 atom stereocenters. The molecule has 2 rings (SSSR count). The number of alkyl halides is 3. The molecule has 1 amide bonds. The van der Waals surface area contributed by atoms with Crippen LogP contribution >= 0.6 is 12.4 Å². The number of aryl methyl sites for hydroxylation is 2. The Balaban J connectivity index is 0.00000338. The molecule has 0 radical (unpaired) electrons. The summed E-state index contributed by atoms with van der Waals surface area (Å²) in [5.74, 6) is 0.422. The number of rotatable bonds is 5. The number of carbonyl (C=O) groups is 1. The Morgan fingerprint density at radius 2 is 1.77 bits per heavy atom. The molecule has 0 aliphatic carbocycles. The van der Waals surface area contributed by atoms with Crippen LogP contribution in [0.4, 0.5) is 13.2 Å². The number of hydrogen-bond donors (Lipinski definition) is 1. The van der Waals surface area contributed by atoms with Gasteiger partial charge in [0.1, 0.15) is 5.75 Å². The quantitative estimate of drug-likeness (QED) is 0.829. The van der Waals surface area contributed by atoms with E-state index in [1.54, 1.807) is 37.9 Å². The van der Waals surface area contributed by atoms with E-state index in [9.17, 15) is 18.0 Å². The predicted molar refractivity (Wildman–Crippen MR) is 96.8 cm³/mol. The van der Waals surface area contributed by atoms with Gasteiger partial charge in [-0.15, -0.1) is 12.4 Å². The van der Waals surface area contributed by atoms with Gasteiger partial charge in [-0.1, -0.05) is 12.1 Å². The summed E-state index contributed by atoms with van der Waals surface area (Å²) in [7, 11) is 1.77. The average Bonchev–Trinajstić information content (AvgIpc) is 2.53. The number of amides is 1. The monoisotopic (exact) mass is 394 g/mol. The Morgan fingerprint density at radius 3 is 2.27 bits per heavy atom. The zero-order valence-corrected chi connectivity index (χ0v) is 16.1. The Kier molecular flexibility index (Phi) is 8.21. The number of ether oxygens (including phenoxy) is 1. The first-order valence-corrected chi connectivity index (χ1v) is 8.43. The van der Waals surface area contributed by atoms with Crippen LogP contribution in [-0.4, -0.2) is 43.7 Å². The van der Waals surface area contributed by atoms with Gasteiger partial charge in [-0.25, -0.2) is 0 Å². The third-order valence-corrected chi connectivity index (χ3v) is 4.38. The second-order valence-corrected chi connectivity index (χ2v) is 6.68. The van der Waals surface area contributed by atoms with E-state index in [4.69, 9.17) is 4.74 Å². The summed E-state index contributed by atoms with van der Waals surface area (Å²) in [4.78, 5) is 14.2. The maximum atomic E-state index is 12.5. The Hall–Kier alpha value is -1.47. The first kappa shape index (κ1) is 22.6. The third kappa shape index (κ3) is 6.36. The molecule has 0 unspecified atom stereocenters. The van der Waals surface area contributed by atoms with Gasteiger partial charge in [0.05, 0.1) is 0 Å². The van der Waals surface area contributed by atoms with Gasteiger partial charge in [0.25, 0.3) is 0 Å². The van der Waals surface area contributed by atoms with E-state index in [2.05, 4.69) is 5.32 Å². The van der Waals surface area contributed by atoms with E-state index in [1.807, 2.05) is 0 Å². The molecule has 1 aromatic carbocycles. The fourth-order valence-corrected chi connectivity index (χ4v) is 3.25. The molecule has 1 fully saturated rings. The number of piperidine rings is 1. The molecule has 1 saturated heterocycles. The summed E-state index contributed by atoms with van der Waals surface area (Å²) in [6, 6.07) is 3.57. The van der Waals surface area contributed by atoms with Crippen LogP contribution in [-0.2, 0) is 11.3 Å². The summed E-state index contributed by atoms with van der Waals surface area (Å²) in [6.45, 7) is 4.28. The standard InChI is InChI=1S/C18H25F3N2O2.ClH/c1-12-8-14(9-13(2)16(12)25-11-18(19,20)21)10-23(3)17(24)15-4-6-22-7-5-15;/h8-9,15,22H,4-7,10-11H2,1-3H3;1H. The predicted octanol–water partition coefficient (Wildman–Crippen LogP) is 3.62. The SMILES string of the molecule is Cc1cc(CN(C)C(=O)C2CCNCC2)cc(C)c1OCC(F)(F)F.Cl. The molecule has 1 aliphatic rings. The van der Waals surface area contributed by atoms with Crippen molar-refractivity contribution in [2.24, 2.45) is 5.92 Å². The topological polar surface area (TPSA) is 41.6 Å². The van der Waals surface area contributed by atoms with Gasteiger partial charge < -0.3 is 15.0 Å². The second-order valence-electron chi connectivity index (χ2n) is 6.68. The van der Waals surface area contributed by atoms with Crippen LogP contribution in [0.15, 0.2) is 12.1 Å². The van der Waals surface area contributed by atoms with Gasteiger partial charge in [-0.2, -0.15) is 13.2 Å². The van der Waals surface area contributed by atoms with Crippen molar-refractivity contribution in [3.05, 3.63) is 28.8 Å². The minimum absolute atomic E-state index is 0. The molecule has 0 aromatic heterocycles. The lowest BCUT2D eigenvalue weighted by molar-refractivity contribution is -0.153. The van der Waals surface area contributed by atoms with Gasteiger partial charge >= 0.3 is 6.18 Å². The van der Waals surface area contributed by atoms with Crippen LogP contribution in [0.2, 0.25) is 0 Å². The summed E-state index contributed by atoms with van der Waals surface area (Å²) in [6.07, 6.45) is -2.68. The zero-order chi connectivity index (χ0) is 18.6. The molecule has 0 spiro atoms. The summed E-state index contributed by atoms with van der Waals surface area (Å²) >= 11 is 0. The normalized spacial score (nSPS) is 15.3. The average molecular weight is 395 g/mol. The van der Waals surface area contributed by atoms with Gasteiger partial charge in [0, 0.05) is 19.5 Å². The molecule has 1 aliphatic heterocycles. The fourth-order valence-electron chi connectivity index (χ4n) is 3.25. The van der Waals surface area contributed by atoms with Crippen molar-refractivity contribution in [3.63, 3.8) is 0 Å². The van der Waals surface area contributed by atoms with Crippen molar-refractivity contribution in [2.75, 3.05) is 26.7 Å². The first-order chi connectivity index (χ1) is 11.7. The minimum Gasteiger partial charge on any atom is -0.484 e. The maximum absolute atomic E-state index is 12.5. The van der Waals surface area contributed by atoms with Crippen molar-refractivity contribution < 1.29 is 22.7 Å². The van der Waals surface area contributed by atoms with Crippen LogP contribution in [0.5, 0.6) is 5.75 Å². The smallest absolute Gasteiger partial charge is 0.422 e. The van der Waals surface area contributed by atoms with Crippen LogP contribution in [0, 0.1) is 19.8 Å². The van der Waals surface area contributed by atoms with Crippen LogP contribution in [0.25, 0.3) is 0 Å². The second kappa shape index (κ2) is 9.46. The first-order valence-electron chi connectivity index (χ1n) is 8.43. The molecule has 1 N–H and O–H groups in total. The highest BCUT2D eigenvalue weighted by Gasteiger charge is 2.29. The minimum atomic E-state index is -4.36. The van der Waals surface area contributed by atoms with Crippen molar-refractivity contribution >= 4 is 18.3 Å². The van der Waals surface area contributed by atoms with E-state index < -0.39 is 12.8 Å². The number of halogens is 4. The molecule has 4 nitrogen and oxygen atoms in total. The molecular weight excluding hydrogens is 369 g/mol. The van der Waals surface area contributed by atoms with Crippen molar-refractivity contribution in [1.82, 2.24) is 10.2 Å². The van der Waals surface area contributed by atoms with E-state index in [-0.39, 0.29) is 30.0 Å². The lowest BCUT2D eigenvalue weighted by atomic mass is 9.96. The van der Waals surface area contributed by atoms with Crippen LogP contribution in [0.1, 0.15) is 29.5 Å². The molecular formula is C18H26ClF3N2O2.